The van der Waals surface area contributed by atoms with Crippen LogP contribution in [0.5, 0.6) is 0 Å². The molecule has 0 saturated heterocycles. The fourth-order valence-electron chi connectivity index (χ4n) is 3.48. The van der Waals surface area contributed by atoms with Crippen LogP contribution in [0.2, 0.25) is 0 Å². The minimum Gasteiger partial charge on any atom is -0.320 e. The summed E-state index contributed by atoms with van der Waals surface area (Å²) in [5, 5.41) is 15.4. The number of carbonyl (C=O) groups is 1. The van der Waals surface area contributed by atoms with Gasteiger partial charge in [0.05, 0.1) is 27.2 Å². The Hall–Kier alpha value is -4.00. The third kappa shape index (κ3) is 3.12. The van der Waals surface area contributed by atoms with Crippen molar-refractivity contribution in [1.82, 2.24) is 14.2 Å². The molecule has 0 atom stereocenters. The number of benzene rings is 2. The predicted octanol–water partition coefficient (Wildman–Crippen LogP) is 4.59. The van der Waals surface area contributed by atoms with Gasteiger partial charge in [-0.1, -0.05) is 24.3 Å². The van der Waals surface area contributed by atoms with Gasteiger partial charge < -0.3 is 4.57 Å². The van der Waals surface area contributed by atoms with E-state index in [-0.39, 0.29) is 11.5 Å². The van der Waals surface area contributed by atoms with Gasteiger partial charge in [-0.3, -0.25) is 14.9 Å². The highest BCUT2D eigenvalue weighted by atomic mass is 16.6. The Morgan fingerprint density at radius 2 is 1.86 bits per heavy atom. The maximum atomic E-state index is 13.0. The smallest absolute Gasteiger partial charge is 0.269 e. The highest BCUT2D eigenvalue weighted by Crippen LogP contribution is 2.26. The lowest BCUT2D eigenvalue weighted by atomic mass is 10.1. The highest BCUT2D eigenvalue weighted by Gasteiger charge is 2.21. The van der Waals surface area contributed by atoms with E-state index in [0.29, 0.717) is 23.4 Å². The van der Waals surface area contributed by atoms with Gasteiger partial charge in [0, 0.05) is 18.7 Å². The normalized spacial score (nSPS) is 11.5. The van der Waals surface area contributed by atoms with E-state index in [9.17, 15) is 14.9 Å². The second kappa shape index (κ2) is 7.20. The van der Waals surface area contributed by atoms with Crippen LogP contribution in [0.4, 0.5) is 5.69 Å². The lowest BCUT2D eigenvalue weighted by Gasteiger charge is -2.03. The summed E-state index contributed by atoms with van der Waals surface area (Å²) in [6.07, 6.45) is 4.91. The number of para-hydroxylation sites is 2. The summed E-state index contributed by atoms with van der Waals surface area (Å²) in [6.45, 7) is 6.19. The number of nitro groups is 1. The summed E-state index contributed by atoms with van der Waals surface area (Å²) in [7, 11) is 0. The van der Waals surface area contributed by atoms with Crippen molar-refractivity contribution in [2.24, 2.45) is 0 Å². The van der Waals surface area contributed by atoms with E-state index in [2.05, 4.69) is 11.7 Å². The first-order chi connectivity index (χ1) is 14.0. The average Bonchev–Trinajstić information content (AvgIpc) is 3.21. The summed E-state index contributed by atoms with van der Waals surface area (Å²) in [5.41, 5.74) is 4.51. The fraction of sp³-hybridized carbons (Fsp3) is 0.0909. The van der Waals surface area contributed by atoms with E-state index < -0.39 is 4.92 Å². The molecule has 0 radical (unpaired) electrons. The minimum absolute atomic E-state index is 0.0107. The molecule has 0 spiro atoms. The van der Waals surface area contributed by atoms with Crippen LogP contribution in [-0.2, 0) is 6.54 Å². The lowest BCUT2D eigenvalue weighted by molar-refractivity contribution is -0.384. The van der Waals surface area contributed by atoms with Crippen LogP contribution in [0.25, 0.3) is 22.8 Å². The Balaban J connectivity index is 1.78. The van der Waals surface area contributed by atoms with Gasteiger partial charge in [0.15, 0.2) is 5.78 Å². The van der Waals surface area contributed by atoms with Crippen molar-refractivity contribution >= 4 is 34.2 Å². The van der Waals surface area contributed by atoms with Crippen LogP contribution in [0.3, 0.4) is 0 Å². The van der Waals surface area contributed by atoms with Crippen LogP contribution in [0.1, 0.15) is 21.6 Å². The second-order valence-corrected chi connectivity index (χ2v) is 6.63. The van der Waals surface area contributed by atoms with E-state index in [1.54, 1.807) is 28.8 Å². The number of nitrogens with zero attached hydrogens (tertiary/aromatic N) is 4. The average molecular weight is 386 g/mol. The van der Waals surface area contributed by atoms with E-state index in [4.69, 9.17) is 0 Å². The topological polar surface area (TPSA) is 82.4 Å². The molecule has 29 heavy (non-hydrogen) atoms. The molecule has 0 fully saturated rings. The van der Waals surface area contributed by atoms with Gasteiger partial charge in [-0.2, -0.15) is 5.10 Å². The van der Waals surface area contributed by atoms with Crippen LogP contribution in [0, 0.1) is 17.0 Å². The number of rotatable bonds is 6. The maximum absolute atomic E-state index is 13.0. The zero-order chi connectivity index (χ0) is 20.5. The maximum Gasteiger partial charge on any atom is 0.269 e. The van der Waals surface area contributed by atoms with Crippen molar-refractivity contribution in [3.63, 3.8) is 0 Å². The molecule has 0 aliphatic heterocycles. The summed E-state index contributed by atoms with van der Waals surface area (Å²) < 4.78 is 3.82. The van der Waals surface area contributed by atoms with Gasteiger partial charge in [0.2, 0.25) is 0 Å². The van der Waals surface area contributed by atoms with Crippen molar-refractivity contribution in [2.75, 3.05) is 0 Å². The van der Waals surface area contributed by atoms with E-state index in [1.807, 2.05) is 35.8 Å². The monoisotopic (exact) mass is 386 g/mol. The molecular formula is C22H18N4O3. The zero-order valence-corrected chi connectivity index (χ0v) is 15.8. The molecule has 0 aliphatic rings. The quantitative estimate of drug-likeness (QED) is 0.160. The van der Waals surface area contributed by atoms with Gasteiger partial charge in [-0.15, -0.1) is 6.58 Å². The fourth-order valence-corrected chi connectivity index (χ4v) is 3.48. The molecule has 2 heterocycles. The largest absolute Gasteiger partial charge is 0.320 e. The van der Waals surface area contributed by atoms with Gasteiger partial charge in [-0.25, -0.2) is 4.52 Å². The Kier molecular flexibility index (Phi) is 4.56. The summed E-state index contributed by atoms with van der Waals surface area (Å²) in [6, 6.07) is 13.9. The molecule has 0 N–H and O–H groups in total. The predicted molar refractivity (Wildman–Crippen MR) is 112 cm³/mol. The van der Waals surface area contributed by atoms with Crippen LogP contribution < -0.4 is 0 Å². The number of non-ortho nitro benzene ring substituents is 1. The molecule has 2 aromatic carbocycles. The molecule has 0 saturated carbocycles. The SMILES string of the molecule is C=CCn1c2ccccc2n2nc(C)c(C(=O)C=Cc3ccc([N+](=O)[O-])cc3)c12. The van der Waals surface area contributed by atoms with E-state index >= 15 is 0 Å². The van der Waals surface area contributed by atoms with Crippen molar-refractivity contribution < 1.29 is 9.72 Å². The number of imidazole rings is 1. The van der Waals surface area contributed by atoms with Crippen LogP contribution >= 0.6 is 0 Å². The Morgan fingerprint density at radius 1 is 1.17 bits per heavy atom. The number of hydrogen-bond acceptors (Lipinski definition) is 4. The Labute approximate surface area is 166 Å². The Bertz CT molecular complexity index is 1290. The molecular weight excluding hydrogens is 368 g/mol. The first-order valence-corrected chi connectivity index (χ1v) is 9.05. The van der Waals surface area contributed by atoms with Crippen molar-refractivity contribution in [3.8, 4) is 0 Å². The third-order valence-corrected chi connectivity index (χ3v) is 4.78. The standard InChI is InChI=1S/C22H18N4O3/c1-3-14-24-18-6-4-5-7-19(18)25-22(24)21(15(2)23-25)20(27)13-10-16-8-11-17(12-9-16)26(28)29/h3-13H,1,14H2,2H3. The number of aromatic nitrogens is 3. The molecule has 0 amide bonds. The molecule has 0 aliphatic carbocycles. The van der Waals surface area contributed by atoms with E-state index in [1.165, 1.54) is 18.2 Å². The number of carbonyl (C=O) groups excluding carboxylic acids is 1. The summed E-state index contributed by atoms with van der Waals surface area (Å²) in [5.74, 6) is -0.177. The zero-order valence-electron chi connectivity index (χ0n) is 15.8. The molecule has 4 aromatic rings. The number of fused-ring (bicyclic) bond motifs is 3. The third-order valence-electron chi connectivity index (χ3n) is 4.78. The second-order valence-electron chi connectivity index (χ2n) is 6.63. The van der Waals surface area contributed by atoms with Gasteiger partial charge in [-0.05, 0) is 42.8 Å². The van der Waals surface area contributed by atoms with Crippen LogP contribution in [0.15, 0.2) is 67.3 Å². The number of allylic oxidation sites excluding steroid dienone is 2. The highest BCUT2D eigenvalue weighted by molar-refractivity contribution is 6.12. The molecule has 0 bridgehead atoms. The summed E-state index contributed by atoms with van der Waals surface area (Å²) >= 11 is 0. The molecule has 4 rings (SSSR count). The molecule has 2 aromatic heterocycles. The molecule has 0 unspecified atom stereocenters. The minimum atomic E-state index is -0.454. The van der Waals surface area contributed by atoms with Crippen molar-refractivity contribution in [3.05, 3.63) is 94.2 Å². The van der Waals surface area contributed by atoms with Crippen LogP contribution in [-0.4, -0.2) is 24.9 Å². The van der Waals surface area contributed by atoms with Crippen molar-refractivity contribution in [1.29, 1.82) is 0 Å². The van der Waals surface area contributed by atoms with Gasteiger partial charge in [0.1, 0.15) is 5.65 Å². The number of nitro benzene ring substituents is 1. The van der Waals surface area contributed by atoms with Gasteiger partial charge in [0.25, 0.3) is 5.69 Å². The van der Waals surface area contributed by atoms with E-state index in [0.717, 1.165) is 16.7 Å². The molecule has 7 nitrogen and oxygen atoms in total. The number of aryl methyl sites for hydroxylation is 1. The lowest BCUT2D eigenvalue weighted by Crippen LogP contribution is -2.02. The first-order valence-electron chi connectivity index (χ1n) is 9.05. The number of hydrogen-bond donors (Lipinski definition) is 0. The Morgan fingerprint density at radius 3 is 2.52 bits per heavy atom. The van der Waals surface area contributed by atoms with Crippen molar-refractivity contribution in [2.45, 2.75) is 13.5 Å². The molecule has 7 heteroatoms. The first kappa shape index (κ1) is 18.4. The summed E-state index contributed by atoms with van der Waals surface area (Å²) in [4.78, 5) is 23.4. The van der Waals surface area contributed by atoms with Gasteiger partial charge >= 0.3 is 0 Å². The molecule has 144 valence electrons. The number of ketones is 1.